The van der Waals surface area contributed by atoms with Gasteiger partial charge in [-0.1, -0.05) is 40.6 Å². The quantitative estimate of drug-likeness (QED) is 0.461. The summed E-state index contributed by atoms with van der Waals surface area (Å²) in [6, 6.07) is 14.9. The highest BCUT2D eigenvalue weighted by atomic mass is 33.1. The number of aryl methyl sites for hydroxylation is 1. The van der Waals surface area contributed by atoms with Crippen molar-refractivity contribution in [3.05, 3.63) is 64.2 Å². The van der Waals surface area contributed by atoms with Crippen LogP contribution >= 0.6 is 21.6 Å². The molecule has 0 spiro atoms. The van der Waals surface area contributed by atoms with E-state index in [0.717, 1.165) is 4.90 Å². The first kappa shape index (κ1) is 13.0. The molecule has 3 nitrogen and oxygen atoms in total. The summed E-state index contributed by atoms with van der Waals surface area (Å²) in [5.74, 6) is 0. The van der Waals surface area contributed by atoms with E-state index in [1.807, 2.05) is 37.3 Å². The van der Waals surface area contributed by atoms with Gasteiger partial charge in [-0.2, -0.15) is 0 Å². The van der Waals surface area contributed by atoms with Crippen molar-refractivity contribution < 1.29 is 4.92 Å². The molecule has 0 unspecified atom stereocenters. The second-order valence-corrected chi connectivity index (χ2v) is 5.95. The lowest BCUT2D eigenvalue weighted by molar-refractivity contribution is -0.387. The van der Waals surface area contributed by atoms with Crippen LogP contribution in [-0.2, 0) is 0 Å². The van der Waals surface area contributed by atoms with Crippen molar-refractivity contribution in [1.29, 1.82) is 0 Å². The maximum Gasteiger partial charge on any atom is 0.283 e. The molecule has 0 aromatic heterocycles. The molecule has 0 atom stereocenters. The zero-order valence-electron chi connectivity index (χ0n) is 9.70. The standard InChI is InChI=1S/C13H11NO2S2/c1-10-6-8-11(9-7-10)17-18-13-5-3-2-4-12(13)14(15)16/h2-9H,1H3. The molecule has 2 rings (SSSR count). The van der Waals surface area contributed by atoms with Gasteiger partial charge in [0.05, 0.1) is 9.82 Å². The third kappa shape index (κ3) is 3.27. The van der Waals surface area contributed by atoms with Crippen molar-refractivity contribution in [2.75, 3.05) is 0 Å². The third-order valence-corrected chi connectivity index (χ3v) is 4.75. The van der Waals surface area contributed by atoms with Crippen molar-refractivity contribution >= 4 is 27.3 Å². The third-order valence-electron chi connectivity index (χ3n) is 2.31. The fraction of sp³-hybridized carbons (Fsp3) is 0.0769. The van der Waals surface area contributed by atoms with Crippen molar-refractivity contribution in [3.63, 3.8) is 0 Å². The smallest absolute Gasteiger partial charge is 0.258 e. The Labute approximate surface area is 113 Å². The number of hydrogen-bond acceptors (Lipinski definition) is 4. The van der Waals surface area contributed by atoms with E-state index in [1.54, 1.807) is 12.1 Å². The van der Waals surface area contributed by atoms with Crippen LogP contribution in [0.15, 0.2) is 58.3 Å². The van der Waals surface area contributed by atoms with E-state index >= 15 is 0 Å². The molecular weight excluding hydrogens is 266 g/mol. The lowest BCUT2D eigenvalue weighted by atomic mass is 10.2. The highest BCUT2D eigenvalue weighted by Gasteiger charge is 2.13. The van der Waals surface area contributed by atoms with Gasteiger partial charge < -0.3 is 0 Å². The zero-order chi connectivity index (χ0) is 13.0. The lowest BCUT2D eigenvalue weighted by Crippen LogP contribution is -1.88. The van der Waals surface area contributed by atoms with E-state index in [2.05, 4.69) is 0 Å². The van der Waals surface area contributed by atoms with E-state index in [4.69, 9.17) is 0 Å². The highest BCUT2D eigenvalue weighted by molar-refractivity contribution is 8.76. The Balaban J connectivity index is 2.10. The number of nitrogens with zero attached hydrogens (tertiary/aromatic N) is 1. The molecule has 2 aromatic carbocycles. The van der Waals surface area contributed by atoms with Crippen LogP contribution in [-0.4, -0.2) is 4.92 Å². The van der Waals surface area contributed by atoms with E-state index < -0.39 is 0 Å². The van der Waals surface area contributed by atoms with Crippen LogP contribution in [0.4, 0.5) is 5.69 Å². The first-order chi connectivity index (χ1) is 8.66. The maximum absolute atomic E-state index is 10.9. The molecule has 18 heavy (non-hydrogen) atoms. The molecule has 0 N–H and O–H groups in total. The zero-order valence-corrected chi connectivity index (χ0v) is 11.3. The van der Waals surface area contributed by atoms with Crippen LogP contribution in [0.5, 0.6) is 0 Å². The van der Waals surface area contributed by atoms with Crippen LogP contribution in [0.2, 0.25) is 0 Å². The summed E-state index contributed by atoms with van der Waals surface area (Å²) in [6.07, 6.45) is 0. The second kappa shape index (κ2) is 5.93. The van der Waals surface area contributed by atoms with Crippen molar-refractivity contribution in [1.82, 2.24) is 0 Å². The van der Waals surface area contributed by atoms with Crippen LogP contribution in [0.3, 0.4) is 0 Å². The topological polar surface area (TPSA) is 43.1 Å². The Morgan fingerprint density at radius 1 is 1.00 bits per heavy atom. The van der Waals surface area contributed by atoms with E-state index in [0.29, 0.717) is 4.90 Å². The van der Waals surface area contributed by atoms with Crippen LogP contribution in [0.25, 0.3) is 0 Å². The minimum Gasteiger partial charge on any atom is -0.258 e. The minimum atomic E-state index is -0.349. The molecule has 0 heterocycles. The molecule has 5 heteroatoms. The second-order valence-electron chi connectivity index (χ2n) is 3.70. The van der Waals surface area contributed by atoms with Crippen LogP contribution in [0.1, 0.15) is 5.56 Å². The molecule has 0 bridgehead atoms. The summed E-state index contributed by atoms with van der Waals surface area (Å²) in [5, 5.41) is 10.9. The monoisotopic (exact) mass is 277 g/mol. The van der Waals surface area contributed by atoms with Crippen molar-refractivity contribution in [2.24, 2.45) is 0 Å². The number of nitro groups is 1. The van der Waals surface area contributed by atoms with Crippen LogP contribution < -0.4 is 0 Å². The summed E-state index contributed by atoms with van der Waals surface area (Å²) in [4.78, 5) is 12.3. The van der Waals surface area contributed by atoms with Gasteiger partial charge in [0.25, 0.3) is 5.69 Å². The van der Waals surface area contributed by atoms with Crippen LogP contribution in [0, 0.1) is 17.0 Å². The SMILES string of the molecule is Cc1ccc(SSc2ccccc2[N+](=O)[O-])cc1. The predicted molar refractivity (Wildman–Crippen MR) is 76.0 cm³/mol. The summed E-state index contributed by atoms with van der Waals surface area (Å²) in [6.45, 7) is 2.03. The number of para-hydroxylation sites is 1. The summed E-state index contributed by atoms with van der Waals surface area (Å²) >= 11 is 0. The molecule has 0 aliphatic rings. The number of rotatable bonds is 4. The average molecular weight is 277 g/mol. The molecule has 0 radical (unpaired) electrons. The van der Waals surface area contributed by atoms with E-state index in [-0.39, 0.29) is 10.6 Å². The molecular formula is C13H11NO2S2. The Hall–Kier alpha value is -1.46. The van der Waals surface area contributed by atoms with Gasteiger partial charge in [0.15, 0.2) is 0 Å². The fourth-order valence-electron chi connectivity index (χ4n) is 1.37. The molecule has 2 aromatic rings. The number of hydrogen-bond donors (Lipinski definition) is 0. The largest absolute Gasteiger partial charge is 0.283 e. The molecule has 0 saturated carbocycles. The molecule has 0 saturated heterocycles. The molecule has 0 aliphatic heterocycles. The van der Waals surface area contributed by atoms with Gasteiger partial charge in [-0.3, -0.25) is 10.1 Å². The van der Waals surface area contributed by atoms with Crippen molar-refractivity contribution in [2.45, 2.75) is 16.7 Å². The van der Waals surface area contributed by atoms with Gasteiger partial charge in [0, 0.05) is 11.0 Å². The summed E-state index contributed by atoms with van der Waals surface area (Å²) < 4.78 is 0. The first-order valence-electron chi connectivity index (χ1n) is 5.31. The maximum atomic E-state index is 10.9. The normalized spacial score (nSPS) is 10.3. The van der Waals surface area contributed by atoms with Crippen molar-refractivity contribution in [3.8, 4) is 0 Å². The van der Waals surface area contributed by atoms with E-state index in [1.165, 1.54) is 33.2 Å². The highest BCUT2D eigenvalue weighted by Crippen LogP contribution is 2.41. The Morgan fingerprint density at radius 2 is 1.67 bits per heavy atom. The Morgan fingerprint density at radius 3 is 2.33 bits per heavy atom. The van der Waals surface area contributed by atoms with Gasteiger partial charge in [0.1, 0.15) is 0 Å². The molecule has 0 fully saturated rings. The van der Waals surface area contributed by atoms with Gasteiger partial charge in [0.2, 0.25) is 0 Å². The Kier molecular flexibility index (Phi) is 4.28. The summed E-state index contributed by atoms with van der Waals surface area (Å²) in [5.41, 5.74) is 1.36. The number of benzene rings is 2. The average Bonchev–Trinajstić information content (AvgIpc) is 2.38. The lowest BCUT2D eigenvalue weighted by Gasteiger charge is -2.02. The fourth-order valence-corrected chi connectivity index (χ4v) is 3.47. The molecule has 0 amide bonds. The van der Waals surface area contributed by atoms with Gasteiger partial charge in [-0.25, -0.2) is 0 Å². The molecule has 92 valence electrons. The Bertz CT molecular complexity index is 555. The number of nitro benzene ring substituents is 1. The first-order valence-corrected chi connectivity index (χ1v) is 7.46. The predicted octanol–water partition coefficient (Wildman–Crippen LogP) is 4.70. The summed E-state index contributed by atoms with van der Waals surface area (Å²) in [7, 11) is 2.94. The van der Waals surface area contributed by atoms with E-state index in [9.17, 15) is 10.1 Å². The van der Waals surface area contributed by atoms with Gasteiger partial charge in [-0.15, -0.1) is 0 Å². The van der Waals surface area contributed by atoms with Gasteiger partial charge >= 0.3 is 0 Å². The minimum absolute atomic E-state index is 0.155. The molecule has 0 aliphatic carbocycles. The van der Waals surface area contributed by atoms with Gasteiger partial charge in [-0.05, 0) is 35.9 Å².